The lowest BCUT2D eigenvalue weighted by Crippen LogP contribution is -2.44. The molecule has 1 aromatic rings. The fourth-order valence-electron chi connectivity index (χ4n) is 2.29. The molecule has 0 heterocycles. The number of fused-ring (bicyclic) bond motifs is 1. The van der Waals surface area contributed by atoms with Crippen LogP contribution in [-0.4, -0.2) is 27.9 Å². The monoisotopic (exact) mass is 208 g/mol. The van der Waals surface area contributed by atoms with Crippen molar-refractivity contribution in [2.75, 3.05) is 27.9 Å². The van der Waals surface area contributed by atoms with Crippen molar-refractivity contribution < 1.29 is 14.2 Å². The molecule has 1 aliphatic carbocycles. The van der Waals surface area contributed by atoms with Crippen LogP contribution in [0.5, 0.6) is 5.75 Å². The third kappa shape index (κ3) is 1.43. The van der Waals surface area contributed by atoms with E-state index >= 15 is 0 Å². The Balaban J connectivity index is 2.41. The smallest absolute Gasteiger partial charge is 0.125 e. The molecule has 15 heavy (non-hydrogen) atoms. The maximum absolute atomic E-state index is 5.58. The second-order valence-electron chi connectivity index (χ2n) is 3.80. The molecule has 2 rings (SSSR count). The summed E-state index contributed by atoms with van der Waals surface area (Å²) in [5.41, 5.74) is 2.11. The van der Waals surface area contributed by atoms with Crippen LogP contribution < -0.4 is 4.74 Å². The van der Waals surface area contributed by atoms with Crippen LogP contribution in [-0.2, 0) is 21.5 Å². The average molecular weight is 208 g/mol. The minimum absolute atomic E-state index is 0.309. The van der Waals surface area contributed by atoms with E-state index < -0.39 is 0 Å². The molecule has 1 aliphatic rings. The maximum Gasteiger partial charge on any atom is 0.125 e. The molecule has 0 fully saturated rings. The van der Waals surface area contributed by atoms with Crippen molar-refractivity contribution in [2.24, 2.45) is 0 Å². The molecule has 0 amide bonds. The quantitative estimate of drug-likeness (QED) is 0.754. The Morgan fingerprint density at radius 2 is 2.07 bits per heavy atom. The number of benzene rings is 1. The van der Waals surface area contributed by atoms with Crippen LogP contribution in [0.1, 0.15) is 11.1 Å². The Hall–Kier alpha value is -1.06. The average Bonchev–Trinajstić information content (AvgIpc) is 2.24. The molecule has 82 valence electrons. The molecule has 0 N–H and O–H groups in total. The van der Waals surface area contributed by atoms with Gasteiger partial charge in [0.25, 0.3) is 0 Å². The second kappa shape index (κ2) is 3.83. The zero-order valence-electron chi connectivity index (χ0n) is 9.37. The van der Waals surface area contributed by atoms with Crippen LogP contribution in [0.15, 0.2) is 18.2 Å². The fourth-order valence-corrected chi connectivity index (χ4v) is 2.29. The summed E-state index contributed by atoms with van der Waals surface area (Å²) in [7, 11) is 5.09. The summed E-state index contributed by atoms with van der Waals surface area (Å²) < 4.78 is 16.1. The first-order valence-electron chi connectivity index (χ1n) is 4.98. The summed E-state index contributed by atoms with van der Waals surface area (Å²) in [6, 6.07) is 6.07. The molecule has 3 nitrogen and oxygen atoms in total. The van der Waals surface area contributed by atoms with E-state index in [-0.39, 0.29) is 5.60 Å². The molecule has 0 radical (unpaired) electrons. The van der Waals surface area contributed by atoms with Gasteiger partial charge in [-0.25, -0.2) is 0 Å². The Morgan fingerprint density at radius 1 is 1.27 bits per heavy atom. The third-order valence-electron chi connectivity index (χ3n) is 3.03. The van der Waals surface area contributed by atoms with Crippen molar-refractivity contribution in [2.45, 2.75) is 12.0 Å². The van der Waals surface area contributed by atoms with Gasteiger partial charge in [-0.3, -0.25) is 0 Å². The SMILES string of the molecule is COCC1(OC)Cc2cccc(OC)c21. The van der Waals surface area contributed by atoms with Crippen molar-refractivity contribution >= 4 is 0 Å². The Labute approximate surface area is 90.0 Å². The zero-order chi connectivity index (χ0) is 10.9. The molecule has 1 unspecified atom stereocenters. The lowest BCUT2D eigenvalue weighted by atomic mass is 9.73. The van der Waals surface area contributed by atoms with Gasteiger partial charge in [-0.15, -0.1) is 0 Å². The lowest BCUT2D eigenvalue weighted by Gasteiger charge is -2.43. The highest BCUT2D eigenvalue weighted by atomic mass is 16.5. The summed E-state index contributed by atoms with van der Waals surface area (Å²) in [5.74, 6) is 0.887. The first kappa shape index (κ1) is 10.5. The van der Waals surface area contributed by atoms with E-state index in [0.29, 0.717) is 6.61 Å². The molecule has 0 saturated heterocycles. The molecular formula is C12H16O3. The number of ether oxygens (including phenoxy) is 3. The van der Waals surface area contributed by atoms with E-state index in [0.717, 1.165) is 17.7 Å². The number of rotatable bonds is 4. The topological polar surface area (TPSA) is 27.7 Å². The maximum atomic E-state index is 5.58. The van der Waals surface area contributed by atoms with Gasteiger partial charge < -0.3 is 14.2 Å². The second-order valence-corrected chi connectivity index (χ2v) is 3.80. The van der Waals surface area contributed by atoms with Gasteiger partial charge in [-0.1, -0.05) is 12.1 Å². The lowest BCUT2D eigenvalue weighted by molar-refractivity contribution is -0.0871. The molecule has 3 heteroatoms. The molecule has 0 aliphatic heterocycles. The van der Waals surface area contributed by atoms with Gasteiger partial charge in [0.05, 0.1) is 13.7 Å². The molecule has 0 bridgehead atoms. The first-order valence-corrected chi connectivity index (χ1v) is 4.98. The highest BCUT2D eigenvalue weighted by Crippen LogP contribution is 2.47. The van der Waals surface area contributed by atoms with Crippen molar-refractivity contribution in [1.29, 1.82) is 0 Å². The Bertz CT molecular complexity index is 362. The van der Waals surface area contributed by atoms with Crippen LogP contribution in [0.3, 0.4) is 0 Å². The standard InChI is InChI=1S/C12H16O3/c1-13-8-12(15-3)7-9-5-4-6-10(14-2)11(9)12/h4-6H,7-8H2,1-3H3. The zero-order valence-corrected chi connectivity index (χ0v) is 9.37. The van der Waals surface area contributed by atoms with E-state index in [4.69, 9.17) is 14.2 Å². The minimum Gasteiger partial charge on any atom is -0.496 e. The number of hydrogen-bond donors (Lipinski definition) is 0. The highest BCUT2D eigenvalue weighted by molar-refractivity contribution is 5.52. The van der Waals surface area contributed by atoms with Gasteiger partial charge in [0.2, 0.25) is 0 Å². The fraction of sp³-hybridized carbons (Fsp3) is 0.500. The van der Waals surface area contributed by atoms with Crippen LogP contribution in [0.4, 0.5) is 0 Å². The Morgan fingerprint density at radius 3 is 2.67 bits per heavy atom. The summed E-state index contributed by atoms with van der Waals surface area (Å²) in [4.78, 5) is 0. The normalized spacial score (nSPS) is 23.1. The van der Waals surface area contributed by atoms with Crippen LogP contribution in [0.2, 0.25) is 0 Å². The van der Waals surface area contributed by atoms with Crippen LogP contribution in [0, 0.1) is 0 Å². The van der Waals surface area contributed by atoms with E-state index in [9.17, 15) is 0 Å². The predicted molar refractivity (Wildman–Crippen MR) is 57.3 cm³/mol. The number of methoxy groups -OCH3 is 3. The molecular weight excluding hydrogens is 192 g/mol. The van der Waals surface area contributed by atoms with Crippen molar-refractivity contribution in [3.8, 4) is 5.75 Å². The van der Waals surface area contributed by atoms with Gasteiger partial charge in [0.15, 0.2) is 0 Å². The highest BCUT2D eigenvalue weighted by Gasteiger charge is 2.45. The first-order chi connectivity index (χ1) is 7.27. The predicted octanol–water partition coefficient (Wildman–Crippen LogP) is 1.74. The summed E-state index contributed by atoms with van der Waals surface area (Å²) >= 11 is 0. The van der Waals surface area contributed by atoms with Gasteiger partial charge in [0.1, 0.15) is 11.4 Å². The summed E-state index contributed by atoms with van der Waals surface area (Å²) in [6.45, 7) is 0.566. The summed E-state index contributed by atoms with van der Waals surface area (Å²) in [6.07, 6.45) is 0.893. The molecule has 0 saturated carbocycles. The van der Waals surface area contributed by atoms with Crippen LogP contribution >= 0.6 is 0 Å². The van der Waals surface area contributed by atoms with Gasteiger partial charge in [-0.2, -0.15) is 0 Å². The number of hydrogen-bond acceptors (Lipinski definition) is 3. The molecule has 1 atom stereocenters. The molecule has 0 aromatic heterocycles. The van der Waals surface area contributed by atoms with Gasteiger partial charge >= 0.3 is 0 Å². The van der Waals surface area contributed by atoms with E-state index in [1.807, 2.05) is 12.1 Å². The minimum atomic E-state index is -0.309. The van der Waals surface area contributed by atoms with E-state index in [2.05, 4.69) is 6.07 Å². The van der Waals surface area contributed by atoms with Gasteiger partial charge in [0, 0.05) is 26.2 Å². The van der Waals surface area contributed by atoms with Gasteiger partial charge in [-0.05, 0) is 11.6 Å². The Kier molecular flexibility index (Phi) is 2.67. The van der Waals surface area contributed by atoms with E-state index in [1.165, 1.54) is 5.56 Å². The molecule has 1 aromatic carbocycles. The van der Waals surface area contributed by atoms with Crippen molar-refractivity contribution in [1.82, 2.24) is 0 Å². The third-order valence-corrected chi connectivity index (χ3v) is 3.03. The summed E-state index contributed by atoms with van der Waals surface area (Å²) in [5, 5.41) is 0. The molecule has 0 spiro atoms. The van der Waals surface area contributed by atoms with Crippen LogP contribution in [0.25, 0.3) is 0 Å². The van der Waals surface area contributed by atoms with E-state index in [1.54, 1.807) is 21.3 Å². The van der Waals surface area contributed by atoms with Crippen molar-refractivity contribution in [3.05, 3.63) is 29.3 Å². The van der Waals surface area contributed by atoms with Crippen molar-refractivity contribution in [3.63, 3.8) is 0 Å². The largest absolute Gasteiger partial charge is 0.496 e.